The van der Waals surface area contributed by atoms with E-state index in [1.165, 1.54) is 0 Å². The number of rotatable bonds is 3. The molecule has 1 fully saturated rings. The van der Waals surface area contributed by atoms with Gasteiger partial charge in [0.1, 0.15) is 5.69 Å². The fourth-order valence-corrected chi connectivity index (χ4v) is 1.79. The van der Waals surface area contributed by atoms with Crippen molar-refractivity contribution in [3.05, 3.63) is 18.0 Å². The summed E-state index contributed by atoms with van der Waals surface area (Å²) in [4.78, 5) is 14.0. The van der Waals surface area contributed by atoms with Crippen molar-refractivity contribution in [3.8, 4) is 0 Å². The molecule has 1 aromatic rings. The first-order chi connectivity index (χ1) is 7.24. The third-order valence-corrected chi connectivity index (χ3v) is 2.84. The zero-order valence-electron chi connectivity index (χ0n) is 9.10. The van der Waals surface area contributed by atoms with Gasteiger partial charge in [0.25, 0.3) is 5.91 Å². The summed E-state index contributed by atoms with van der Waals surface area (Å²) in [5.74, 6) is 0.0731. The number of hydrogen-bond donors (Lipinski definition) is 1. The molecule has 82 valence electrons. The first-order valence-electron chi connectivity index (χ1n) is 5.23. The van der Waals surface area contributed by atoms with E-state index < -0.39 is 0 Å². The van der Waals surface area contributed by atoms with Crippen LogP contribution in [0.2, 0.25) is 0 Å². The number of amides is 1. The molecule has 0 spiro atoms. The van der Waals surface area contributed by atoms with Crippen LogP contribution in [0, 0.1) is 0 Å². The highest BCUT2D eigenvalue weighted by Gasteiger charge is 2.28. The monoisotopic (exact) mass is 208 g/mol. The number of aryl methyl sites for hydroxylation is 1. The molecule has 1 amide bonds. The zero-order valence-corrected chi connectivity index (χ0v) is 9.10. The Morgan fingerprint density at radius 2 is 2.47 bits per heavy atom. The van der Waals surface area contributed by atoms with Gasteiger partial charge in [-0.2, -0.15) is 5.10 Å². The average Bonchev–Trinajstić information content (AvgIpc) is 2.56. The molecule has 15 heavy (non-hydrogen) atoms. The summed E-state index contributed by atoms with van der Waals surface area (Å²) >= 11 is 0. The molecule has 0 saturated carbocycles. The molecule has 5 heteroatoms. The van der Waals surface area contributed by atoms with Gasteiger partial charge in [0.15, 0.2) is 0 Å². The van der Waals surface area contributed by atoms with E-state index >= 15 is 0 Å². The number of nitrogens with one attached hydrogen (secondary N) is 1. The van der Waals surface area contributed by atoms with Crippen LogP contribution in [-0.2, 0) is 7.05 Å². The second-order valence-corrected chi connectivity index (χ2v) is 3.74. The Bertz CT molecular complexity index is 356. The Balaban J connectivity index is 2.14. The van der Waals surface area contributed by atoms with Gasteiger partial charge in [-0.15, -0.1) is 0 Å². The summed E-state index contributed by atoms with van der Waals surface area (Å²) < 4.78 is 1.62. The fourth-order valence-electron chi connectivity index (χ4n) is 1.79. The fraction of sp³-hybridized carbons (Fsp3) is 0.600. The van der Waals surface area contributed by atoms with Crippen molar-refractivity contribution in [3.63, 3.8) is 0 Å². The van der Waals surface area contributed by atoms with Crippen LogP contribution < -0.4 is 5.32 Å². The lowest BCUT2D eigenvalue weighted by atomic mass is 10.1. The molecule has 0 unspecified atom stereocenters. The lowest BCUT2D eigenvalue weighted by Gasteiger charge is -2.37. The second-order valence-electron chi connectivity index (χ2n) is 3.74. The van der Waals surface area contributed by atoms with Crippen LogP contribution in [0.15, 0.2) is 12.3 Å². The molecule has 0 aliphatic carbocycles. The van der Waals surface area contributed by atoms with Crippen molar-refractivity contribution >= 4 is 5.91 Å². The summed E-state index contributed by atoms with van der Waals surface area (Å²) in [6.45, 7) is 4.55. The van der Waals surface area contributed by atoms with Crippen molar-refractivity contribution in [1.82, 2.24) is 20.0 Å². The van der Waals surface area contributed by atoms with E-state index in [-0.39, 0.29) is 5.91 Å². The van der Waals surface area contributed by atoms with E-state index in [2.05, 4.69) is 10.4 Å². The summed E-state index contributed by atoms with van der Waals surface area (Å²) in [5.41, 5.74) is 0.656. The van der Waals surface area contributed by atoms with E-state index in [4.69, 9.17) is 0 Å². The number of likely N-dealkylation sites (N-methyl/N-ethyl adjacent to an activating group) is 1. The van der Waals surface area contributed by atoms with Gasteiger partial charge in [-0.3, -0.25) is 9.48 Å². The van der Waals surface area contributed by atoms with Crippen LogP contribution in [0.1, 0.15) is 17.4 Å². The lowest BCUT2D eigenvalue weighted by molar-refractivity contribution is 0.0619. The number of carbonyl (C=O) groups excluding carboxylic acids is 1. The van der Waals surface area contributed by atoms with Crippen LogP contribution >= 0.6 is 0 Å². The molecule has 1 saturated heterocycles. The maximum atomic E-state index is 12.1. The number of hydrogen-bond acceptors (Lipinski definition) is 3. The Morgan fingerprint density at radius 1 is 1.73 bits per heavy atom. The Kier molecular flexibility index (Phi) is 2.73. The molecule has 0 radical (unpaired) electrons. The predicted octanol–water partition coefficient (Wildman–Crippen LogP) is -0.146. The average molecular weight is 208 g/mol. The summed E-state index contributed by atoms with van der Waals surface area (Å²) in [7, 11) is 1.79. The minimum Gasteiger partial charge on any atom is -0.332 e. The summed E-state index contributed by atoms with van der Waals surface area (Å²) in [6.07, 6.45) is 1.65. The van der Waals surface area contributed by atoms with Crippen molar-refractivity contribution in [2.24, 2.45) is 7.05 Å². The molecule has 2 rings (SSSR count). The first-order valence-corrected chi connectivity index (χ1v) is 5.23. The minimum atomic E-state index is 0.0731. The van der Waals surface area contributed by atoms with Crippen molar-refractivity contribution < 1.29 is 4.79 Å². The standard InChI is InChI=1S/C10H16N4O/c1-3-14(8-6-11-7-8)10(15)9-4-5-12-13(9)2/h4-5,8,11H,3,6-7H2,1-2H3. The van der Waals surface area contributed by atoms with Crippen LogP contribution in [0.4, 0.5) is 0 Å². The third kappa shape index (κ3) is 1.74. The Hall–Kier alpha value is -1.36. The molecule has 1 aliphatic rings. The Labute approximate surface area is 89.1 Å². The lowest BCUT2D eigenvalue weighted by Crippen LogP contribution is -2.58. The van der Waals surface area contributed by atoms with Crippen LogP contribution in [0.5, 0.6) is 0 Å². The number of aromatic nitrogens is 2. The molecule has 0 aromatic carbocycles. The van der Waals surface area contributed by atoms with Gasteiger partial charge in [0, 0.05) is 32.9 Å². The molecule has 1 N–H and O–H groups in total. The van der Waals surface area contributed by atoms with Crippen LogP contribution in [0.3, 0.4) is 0 Å². The predicted molar refractivity (Wildman–Crippen MR) is 56.6 cm³/mol. The molecule has 0 bridgehead atoms. The highest BCUT2D eigenvalue weighted by Crippen LogP contribution is 2.10. The normalized spacial score (nSPS) is 16.1. The SMILES string of the molecule is CCN(C(=O)c1ccnn1C)C1CNC1. The topological polar surface area (TPSA) is 50.2 Å². The van der Waals surface area contributed by atoms with Gasteiger partial charge in [0.2, 0.25) is 0 Å². The zero-order chi connectivity index (χ0) is 10.8. The van der Waals surface area contributed by atoms with Gasteiger partial charge in [-0.1, -0.05) is 0 Å². The minimum absolute atomic E-state index is 0.0731. The maximum Gasteiger partial charge on any atom is 0.272 e. The quantitative estimate of drug-likeness (QED) is 0.752. The molecule has 0 atom stereocenters. The molecule has 5 nitrogen and oxygen atoms in total. The first kappa shape index (κ1) is 10.2. The highest BCUT2D eigenvalue weighted by molar-refractivity contribution is 5.92. The molecule has 2 heterocycles. The van der Waals surface area contributed by atoms with Crippen LogP contribution in [-0.4, -0.2) is 46.3 Å². The maximum absolute atomic E-state index is 12.1. The third-order valence-electron chi connectivity index (χ3n) is 2.84. The van der Waals surface area contributed by atoms with Gasteiger partial charge in [0.05, 0.1) is 6.04 Å². The van der Waals surface area contributed by atoms with E-state index in [9.17, 15) is 4.79 Å². The summed E-state index contributed by atoms with van der Waals surface area (Å²) in [5, 5.41) is 7.19. The Morgan fingerprint density at radius 3 is 2.87 bits per heavy atom. The number of carbonyl (C=O) groups is 1. The number of nitrogens with zero attached hydrogens (tertiary/aromatic N) is 3. The van der Waals surface area contributed by atoms with Gasteiger partial charge < -0.3 is 10.2 Å². The van der Waals surface area contributed by atoms with E-state index in [0.717, 1.165) is 19.6 Å². The molecule has 1 aromatic heterocycles. The van der Waals surface area contributed by atoms with Crippen molar-refractivity contribution in [1.29, 1.82) is 0 Å². The van der Waals surface area contributed by atoms with E-state index in [1.54, 1.807) is 24.0 Å². The van der Waals surface area contributed by atoms with E-state index in [0.29, 0.717) is 11.7 Å². The summed E-state index contributed by atoms with van der Waals surface area (Å²) in [6, 6.07) is 2.11. The largest absolute Gasteiger partial charge is 0.332 e. The smallest absolute Gasteiger partial charge is 0.272 e. The van der Waals surface area contributed by atoms with Gasteiger partial charge >= 0.3 is 0 Å². The van der Waals surface area contributed by atoms with Crippen molar-refractivity contribution in [2.75, 3.05) is 19.6 Å². The second kappa shape index (κ2) is 4.02. The molecular weight excluding hydrogens is 192 g/mol. The van der Waals surface area contributed by atoms with Gasteiger partial charge in [-0.05, 0) is 13.0 Å². The van der Waals surface area contributed by atoms with Crippen LogP contribution in [0.25, 0.3) is 0 Å². The molecule has 1 aliphatic heterocycles. The highest BCUT2D eigenvalue weighted by atomic mass is 16.2. The van der Waals surface area contributed by atoms with Crippen molar-refractivity contribution in [2.45, 2.75) is 13.0 Å². The van der Waals surface area contributed by atoms with E-state index in [1.807, 2.05) is 11.8 Å². The molecular formula is C10H16N4O. The van der Waals surface area contributed by atoms with Gasteiger partial charge in [-0.25, -0.2) is 0 Å².